The number of aromatic nitrogens is 3. The fraction of sp³-hybridized carbons (Fsp3) is 0.353. The number of thiazole rings is 1. The molecule has 124 valence electrons. The molecule has 24 heavy (non-hydrogen) atoms. The van der Waals surface area contributed by atoms with E-state index in [4.69, 9.17) is 9.26 Å². The van der Waals surface area contributed by atoms with Gasteiger partial charge in [0.25, 0.3) is 0 Å². The molecule has 6 nitrogen and oxygen atoms in total. The molecule has 1 fully saturated rings. The third-order valence-electron chi connectivity index (χ3n) is 4.01. The molecule has 3 aromatic rings. The fourth-order valence-electron chi connectivity index (χ4n) is 2.72. The highest BCUT2D eigenvalue weighted by molar-refractivity contribution is 7.09. The van der Waals surface area contributed by atoms with Crippen LogP contribution in [-0.4, -0.2) is 39.7 Å². The van der Waals surface area contributed by atoms with E-state index >= 15 is 0 Å². The maximum atomic E-state index is 5.82. The predicted octanol–water partition coefficient (Wildman–Crippen LogP) is 3.08. The van der Waals surface area contributed by atoms with Gasteiger partial charge in [-0.25, -0.2) is 4.98 Å². The second kappa shape index (κ2) is 6.80. The van der Waals surface area contributed by atoms with E-state index in [-0.39, 0.29) is 6.10 Å². The van der Waals surface area contributed by atoms with Crippen LogP contribution in [0.2, 0.25) is 0 Å². The number of benzene rings is 1. The molecule has 0 radical (unpaired) electrons. The zero-order valence-electron chi connectivity index (χ0n) is 13.4. The predicted molar refractivity (Wildman–Crippen MR) is 90.6 cm³/mol. The van der Waals surface area contributed by atoms with Crippen LogP contribution in [0.3, 0.4) is 0 Å². The van der Waals surface area contributed by atoms with E-state index in [0.29, 0.717) is 24.9 Å². The van der Waals surface area contributed by atoms with E-state index in [1.807, 2.05) is 35.8 Å². The Kier molecular flexibility index (Phi) is 4.38. The van der Waals surface area contributed by atoms with Crippen molar-refractivity contribution in [2.24, 2.45) is 0 Å². The molecule has 1 aliphatic heterocycles. The van der Waals surface area contributed by atoms with Crippen molar-refractivity contribution in [1.29, 1.82) is 0 Å². The summed E-state index contributed by atoms with van der Waals surface area (Å²) in [5, 5.41) is 7.09. The quantitative estimate of drug-likeness (QED) is 0.726. The first kappa shape index (κ1) is 15.4. The fourth-order valence-corrected chi connectivity index (χ4v) is 3.40. The van der Waals surface area contributed by atoms with Crippen LogP contribution in [0.4, 0.5) is 0 Å². The largest absolute Gasteiger partial charge is 0.368 e. The van der Waals surface area contributed by atoms with E-state index in [0.717, 1.165) is 23.7 Å². The van der Waals surface area contributed by atoms with Gasteiger partial charge in [0.1, 0.15) is 11.1 Å². The van der Waals surface area contributed by atoms with Crippen molar-refractivity contribution in [1.82, 2.24) is 20.0 Å². The molecule has 2 aromatic heterocycles. The molecule has 7 heteroatoms. The number of nitrogens with zero attached hydrogens (tertiary/aromatic N) is 4. The van der Waals surface area contributed by atoms with E-state index in [9.17, 15) is 0 Å². The molecule has 0 saturated carbocycles. The lowest BCUT2D eigenvalue weighted by molar-refractivity contribution is -0.0356. The van der Waals surface area contributed by atoms with Gasteiger partial charge in [-0.3, -0.25) is 4.90 Å². The second-order valence-electron chi connectivity index (χ2n) is 5.84. The van der Waals surface area contributed by atoms with E-state index in [2.05, 4.69) is 26.9 Å². The highest BCUT2D eigenvalue weighted by Gasteiger charge is 2.25. The monoisotopic (exact) mass is 342 g/mol. The third-order valence-corrected chi connectivity index (χ3v) is 4.88. The average molecular weight is 342 g/mol. The molecular formula is C17H18N4O2S. The minimum atomic E-state index is 0.0261. The lowest BCUT2D eigenvalue weighted by atomic mass is 10.1. The molecule has 0 spiro atoms. The summed E-state index contributed by atoms with van der Waals surface area (Å²) in [5.74, 6) is 1.26. The van der Waals surface area contributed by atoms with Gasteiger partial charge in [-0.1, -0.05) is 35.0 Å². The van der Waals surface area contributed by atoms with Crippen LogP contribution in [0, 0.1) is 6.92 Å². The van der Waals surface area contributed by atoms with E-state index in [1.54, 1.807) is 11.3 Å². The summed E-state index contributed by atoms with van der Waals surface area (Å²) in [7, 11) is 0. The lowest BCUT2D eigenvalue weighted by Gasteiger charge is -2.30. The highest BCUT2D eigenvalue weighted by Crippen LogP contribution is 2.25. The number of morpholine rings is 1. The topological polar surface area (TPSA) is 64.3 Å². The van der Waals surface area contributed by atoms with E-state index < -0.39 is 0 Å². The number of rotatable bonds is 4. The number of ether oxygens (including phenoxy) is 1. The van der Waals surface area contributed by atoms with E-state index in [1.165, 1.54) is 5.56 Å². The van der Waals surface area contributed by atoms with Crippen molar-refractivity contribution in [2.45, 2.75) is 19.6 Å². The van der Waals surface area contributed by atoms with Gasteiger partial charge in [0, 0.05) is 30.2 Å². The lowest BCUT2D eigenvalue weighted by Crippen LogP contribution is -2.37. The van der Waals surface area contributed by atoms with Crippen LogP contribution < -0.4 is 0 Å². The van der Waals surface area contributed by atoms with Gasteiger partial charge in [0.05, 0.1) is 13.2 Å². The summed E-state index contributed by atoms with van der Waals surface area (Å²) in [6.45, 7) is 5.01. The van der Waals surface area contributed by atoms with Crippen molar-refractivity contribution in [3.8, 4) is 11.4 Å². The Labute approximate surface area is 144 Å². The van der Waals surface area contributed by atoms with Crippen molar-refractivity contribution in [3.05, 3.63) is 52.3 Å². The Morgan fingerprint density at radius 1 is 1.29 bits per heavy atom. The van der Waals surface area contributed by atoms with Gasteiger partial charge in [-0.05, 0) is 6.92 Å². The van der Waals surface area contributed by atoms with Gasteiger partial charge < -0.3 is 9.26 Å². The standard InChI is InChI=1S/C17H18N4O2S/c1-12-2-4-13(5-3-12)16-19-15(23-20-16)11-21-7-8-22-14(10-21)17-18-6-9-24-17/h2-6,9,14H,7-8,10-11H2,1H3/t14-/m1/s1. The minimum absolute atomic E-state index is 0.0261. The smallest absolute Gasteiger partial charge is 0.241 e. The van der Waals surface area contributed by atoms with Gasteiger partial charge in [-0.15, -0.1) is 11.3 Å². The molecule has 0 bridgehead atoms. The minimum Gasteiger partial charge on any atom is -0.368 e. The number of aryl methyl sites for hydroxylation is 1. The van der Waals surface area contributed by atoms with Crippen molar-refractivity contribution < 1.29 is 9.26 Å². The number of hydrogen-bond acceptors (Lipinski definition) is 7. The van der Waals surface area contributed by atoms with Gasteiger partial charge in [0.15, 0.2) is 0 Å². The first-order valence-corrected chi connectivity index (χ1v) is 8.79. The normalized spacial score (nSPS) is 18.8. The van der Waals surface area contributed by atoms with Crippen LogP contribution in [-0.2, 0) is 11.3 Å². The number of hydrogen-bond donors (Lipinski definition) is 0. The highest BCUT2D eigenvalue weighted by atomic mass is 32.1. The first-order chi connectivity index (χ1) is 11.8. The third kappa shape index (κ3) is 3.38. The van der Waals surface area contributed by atoms with Crippen LogP contribution in [0.1, 0.15) is 22.6 Å². The van der Waals surface area contributed by atoms with Gasteiger partial charge in [0.2, 0.25) is 11.7 Å². The van der Waals surface area contributed by atoms with Crippen LogP contribution in [0.15, 0.2) is 40.4 Å². The maximum absolute atomic E-state index is 5.82. The second-order valence-corrected chi connectivity index (χ2v) is 6.77. The molecule has 1 saturated heterocycles. The Bertz CT molecular complexity index is 785. The Morgan fingerprint density at radius 3 is 2.96 bits per heavy atom. The Balaban J connectivity index is 1.43. The summed E-state index contributed by atoms with van der Waals surface area (Å²) in [6, 6.07) is 8.12. The molecule has 0 unspecified atom stereocenters. The summed E-state index contributed by atoms with van der Waals surface area (Å²) in [5.41, 5.74) is 2.18. The van der Waals surface area contributed by atoms with Crippen LogP contribution in [0.5, 0.6) is 0 Å². The SMILES string of the molecule is Cc1ccc(-c2noc(CN3CCO[C@@H](c4nccs4)C3)n2)cc1. The molecule has 1 aliphatic rings. The summed E-state index contributed by atoms with van der Waals surface area (Å²) < 4.78 is 11.2. The summed E-state index contributed by atoms with van der Waals surface area (Å²) in [6.07, 6.45) is 1.84. The van der Waals surface area contributed by atoms with Crippen molar-refractivity contribution >= 4 is 11.3 Å². The summed E-state index contributed by atoms with van der Waals surface area (Å²) in [4.78, 5) is 11.1. The van der Waals surface area contributed by atoms with Crippen molar-refractivity contribution in [3.63, 3.8) is 0 Å². The molecule has 1 atom stereocenters. The van der Waals surface area contributed by atoms with Crippen molar-refractivity contribution in [2.75, 3.05) is 19.7 Å². The zero-order chi connectivity index (χ0) is 16.4. The van der Waals surface area contributed by atoms with Gasteiger partial charge >= 0.3 is 0 Å². The maximum Gasteiger partial charge on any atom is 0.241 e. The summed E-state index contributed by atoms with van der Waals surface area (Å²) >= 11 is 1.63. The van der Waals surface area contributed by atoms with Crippen LogP contribution in [0.25, 0.3) is 11.4 Å². The molecule has 4 rings (SSSR count). The average Bonchev–Trinajstić information content (AvgIpc) is 3.28. The molecule has 3 heterocycles. The Hall–Kier alpha value is -2.09. The molecule has 0 amide bonds. The molecule has 0 N–H and O–H groups in total. The molecule has 1 aromatic carbocycles. The zero-order valence-corrected chi connectivity index (χ0v) is 14.2. The Morgan fingerprint density at radius 2 is 2.17 bits per heavy atom. The first-order valence-electron chi connectivity index (χ1n) is 7.91. The van der Waals surface area contributed by atoms with Gasteiger partial charge in [-0.2, -0.15) is 4.98 Å². The molecular weight excluding hydrogens is 324 g/mol. The molecule has 0 aliphatic carbocycles. The van der Waals surface area contributed by atoms with Crippen LogP contribution >= 0.6 is 11.3 Å².